The zero-order valence-electron chi connectivity index (χ0n) is 10.6. The number of halogens is 2. The molecule has 1 heterocycles. The first-order valence-corrected chi connectivity index (χ1v) is 8.37. The van der Waals surface area contributed by atoms with Gasteiger partial charge < -0.3 is 5.32 Å². The summed E-state index contributed by atoms with van der Waals surface area (Å²) in [5, 5.41) is 3.07. The van der Waals surface area contributed by atoms with Gasteiger partial charge in [-0.2, -0.15) is 4.31 Å². The van der Waals surface area contributed by atoms with Crippen LogP contribution in [0.3, 0.4) is 0 Å². The highest BCUT2D eigenvalue weighted by Gasteiger charge is 2.35. The summed E-state index contributed by atoms with van der Waals surface area (Å²) < 4.78 is 40.1. The SMILES string of the molecule is CCCN(C1CNC1)S(=O)(=O)c1ccc(F)cc1Br. The minimum Gasteiger partial charge on any atom is -0.313 e. The molecule has 0 radical (unpaired) electrons. The van der Waals surface area contributed by atoms with Crippen molar-refractivity contribution in [1.82, 2.24) is 9.62 Å². The maximum Gasteiger partial charge on any atom is 0.244 e. The molecule has 4 nitrogen and oxygen atoms in total. The van der Waals surface area contributed by atoms with Crippen molar-refractivity contribution in [1.29, 1.82) is 0 Å². The predicted molar refractivity (Wildman–Crippen MR) is 74.9 cm³/mol. The van der Waals surface area contributed by atoms with Crippen molar-refractivity contribution >= 4 is 26.0 Å². The monoisotopic (exact) mass is 350 g/mol. The van der Waals surface area contributed by atoms with Crippen LogP contribution in [0.4, 0.5) is 4.39 Å². The van der Waals surface area contributed by atoms with E-state index in [0.29, 0.717) is 19.6 Å². The lowest BCUT2D eigenvalue weighted by Gasteiger charge is -2.37. The molecule has 0 atom stereocenters. The highest BCUT2D eigenvalue weighted by molar-refractivity contribution is 9.10. The van der Waals surface area contributed by atoms with E-state index in [2.05, 4.69) is 21.2 Å². The Balaban J connectivity index is 2.38. The normalized spacial score (nSPS) is 16.6. The van der Waals surface area contributed by atoms with Gasteiger partial charge in [-0.05, 0) is 40.5 Å². The summed E-state index contributed by atoms with van der Waals surface area (Å²) in [5.41, 5.74) is 0. The molecule has 106 valence electrons. The third-order valence-electron chi connectivity index (χ3n) is 3.09. The van der Waals surface area contributed by atoms with Crippen LogP contribution in [0.25, 0.3) is 0 Å². The van der Waals surface area contributed by atoms with Crippen molar-refractivity contribution < 1.29 is 12.8 Å². The first-order valence-electron chi connectivity index (χ1n) is 6.14. The zero-order chi connectivity index (χ0) is 14.0. The quantitative estimate of drug-likeness (QED) is 0.882. The fourth-order valence-electron chi connectivity index (χ4n) is 2.01. The van der Waals surface area contributed by atoms with Crippen molar-refractivity contribution in [2.24, 2.45) is 0 Å². The molecule has 2 rings (SSSR count). The molecular weight excluding hydrogens is 335 g/mol. The van der Waals surface area contributed by atoms with Gasteiger partial charge in [-0.25, -0.2) is 12.8 Å². The van der Waals surface area contributed by atoms with E-state index in [9.17, 15) is 12.8 Å². The van der Waals surface area contributed by atoms with Gasteiger partial charge in [-0.1, -0.05) is 6.92 Å². The molecule has 0 aliphatic carbocycles. The van der Waals surface area contributed by atoms with Crippen LogP contribution >= 0.6 is 15.9 Å². The topological polar surface area (TPSA) is 49.4 Å². The number of nitrogens with one attached hydrogen (secondary N) is 1. The zero-order valence-corrected chi connectivity index (χ0v) is 13.0. The second-order valence-corrected chi connectivity index (χ2v) is 7.22. The van der Waals surface area contributed by atoms with E-state index in [1.807, 2.05) is 6.92 Å². The molecule has 1 aliphatic heterocycles. The van der Waals surface area contributed by atoms with Gasteiger partial charge in [-0.15, -0.1) is 0 Å². The predicted octanol–water partition coefficient (Wildman–Crippen LogP) is 1.96. The summed E-state index contributed by atoms with van der Waals surface area (Å²) in [6.45, 7) is 3.74. The van der Waals surface area contributed by atoms with Gasteiger partial charge in [-0.3, -0.25) is 0 Å². The first-order chi connectivity index (χ1) is 8.96. The first kappa shape index (κ1) is 14.9. The van der Waals surface area contributed by atoms with Crippen LogP contribution in [-0.2, 0) is 10.0 Å². The van der Waals surface area contributed by atoms with Gasteiger partial charge in [0.25, 0.3) is 0 Å². The Hall–Kier alpha value is -0.500. The van der Waals surface area contributed by atoms with E-state index in [1.165, 1.54) is 22.5 Å². The van der Waals surface area contributed by atoms with Crippen LogP contribution in [0.15, 0.2) is 27.6 Å². The largest absolute Gasteiger partial charge is 0.313 e. The van der Waals surface area contributed by atoms with E-state index in [0.717, 1.165) is 6.42 Å². The Kier molecular flexibility index (Phi) is 4.60. The second-order valence-electron chi connectivity index (χ2n) is 4.50. The number of nitrogens with zero attached hydrogens (tertiary/aromatic N) is 1. The van der Waals surface area contributed by atoms with E-state index in [4.69, 9.17) is 0 Å². The number of benzene rings is 1. The molecule has 7 heteroatoms. The summed E-state index contributed by atoms with van der Waals surface area (Å²) >= 11 is 3.13. The smallest absolute Gasteiger partial charge is 0.244 e. The number of hydrogen-bond donors (Lipinski definition) is 1. The van der Waals surface area contributed by atoms with Crippen molar-refractivity contribution in [3.8, 4) is 0 Å². The maximum atomic E-state index is 13.1. The highest BCUT2D eigenvalue weighted by Crippen LogP contribution is 2.27. The van der Waals surface area contributed by atoms with E-state index in [-0.39, 0.29) is 15.4 Å². The molecule has 1 N–H and O–H groups in total. The van der Waals surface area contributed by atoms with Crippen LogP contribution in [0.1, 0.15) is 13.3 Å². The fraction of sp³-hybridized carbons (Fsp3) is 0.500. The summed E-state index contributed by atoms with van der Waals surface area (Å²) in [6.07, 6.45) is 0.745. The second kappa shape index (κ2) is 5.87. The van der Waals surface area contributed by atoms with Crippen LogP contribution < -0.4 is 5.32 Å². The van der Waals surface area contributed by atoms with Gasteiger partial charge in [0.1, 0.15) is 5.82 Å². The Labute approximate surface area is 121 Å². The minimum absolute atomic E-state index is 0.0121. The maximum absolute atomic E-state index is 13.1. The Morgan fingerprint density at radius 3 is 2.63 bits per heavy atom. The lowest BCUT2D eigenvalue weighted by atomic mass is 10.2. The standard InChI is InChI=1S/C12H16BrFN2O2S/c1-2-5-16(10-7-15-8-10)19(17,18)12-4-3-9(14)6-11(12)13/h3-4,6,10,15H,2,5,7-8H2,1H3. The van der Waals surface area contributed by atoms with Gasteiger partial charge in [0.2, 0.25) is 10.0 Å². The Bertz CT molecular complexity index is 561. The summed E-state index contributed by atoms with van der Waals surface area (Å²) in [4.78, 5) is 0.120. The molecule has 0 saturated carbocycles. The molecule has 0 spiro atoms. The molecule has 19 heavy (non-hydrogen) atoms. The number of rotatable bonds is 5. The van der Waals surface area contributed by atoms with Crippen molar-refractivity contribution in [3.63, 3.8) is 0 Å². The van der Waals surface area contributed by atoms with Crippen molar-refractivity contribution in [2.45, 2.75) is 24.3 Å². The highest BCUT2D eigenvalue weighted by atomic mass is 79.9. The van der Waals surface area contributed by atoms with Crippen LogP contribution in [0, 0.1) is 5.82 Å². The molecule has 0 amide bonds. The molecule has 1 aromatic rings. The van der Waals surface area contributed by atoms with Crippen molar-refractivity contribution in [3.05, 3.63) is 28.5 Å². The lowest BCUT2D eigenvalue weighted by molar-refractivity contribution is 0.241. The summed E-state index contributed by atoms with van der Waals surface area (Å²) in [5.74, 6) is -0.460. The Morgan fingerprint density at radius 1 is 1.47 bits per heavy atom. The molecular formula is C12H16BrFN2O2S. The van der Waals surface area contributed by atoms with Crippen LogP contribution in [-0.4, -0.2) is 38.4 Å². The average Bonchev–Trinajstić information content (AvgIpc) is 2.25. The van der Waals surface area contributed by atoms with Gasteiger partial charge in [0.05, 0.1) is 10.9 Å². The molecule has 1 saturated heterocycles. The molecule has 0 aromatic heterocycles. The average molecular weight is 351 g/mol. The number of hydrogen-bond acceptors (Lipinski definition) is 3. The molecule has 1 aliphatic rings. The number of sulfonamides is 1. The Morgan fingerprint density at radius 2 is 2.16 bits per heavy atom. The van der Waals surface area contributed by atoms with Crippen LogP contribution in [0.5, 0.6) is 0 Å². The van der Waals surface area contributed by atoms with E-state index >= 15 is 0 Å². The van der Waals surface area contributed by atoms with Gasteiger partial charge >= 0.3 is 0 Å². The molecule has 0 unspecified atom stereocenters. The third kappa shape index (κ3) is 2.99. The summed E-state index contributed by atoms with van der Waals surface area (Å²) in [7, 11) is -3.59. The minimum atomic E-state index is -3.59. The van der Waals surface area contributed by atoms with Crippen LogP contribution in [0.2, 0.25) is 0 Å². The van der Waals surface area contributed by atoms with E-state index < -0.39 is 15.8 Å². The van der Waals surface area contributed by atoms with Gasteiger partial charge in [0.15, 0.2) is 0 Å². The lowest BCUT2D eigenvalue weighted by Crippen LogP contribution is -2.58. The fourth-order valence-corrected chi connectivity index (χ4v) is 4.73. The molecule has 1 aromatic carbocycles. The van der Waals surface area contributed by atoms with Crippen molar-refractivity contribution in [2.75, 3.05) is 19.6 Å². The van der Waals surface area contributed by atoms with E-state index in [1.54, 1.807) is 0 Å². The molecule has 0 bridgehead atoms. The molecule has 1 fully saturated rings. The summed E-state index contributed by atoms with van der Waals surface area (Å²) in [6, 6.07) is 3.64. The third-order valence-corrected chi connectivity index (χ3v) is 6.02. The van der Waals surface area contributed by atoms with Gasteiger partial charge in [0, 0.05) is 24.1 Å².